The lowest BCUT2D eigenvalue weighted by Crippen LogP contribution is -2.37. The van der Waals surface area contributed by atoms with Crippen molar-refractivity contribution < 1.29 is 0 Å². The summed E-state index contributed by atoms with van der Waals surface area (Å²) in [5.41, 5.74) is 7.73. The van der Waals surface area contributed by atoms with Crippen molar-refractivity contribution in [3.05, 3.63) is 22.2 Å². The summed E-state index contributed by atoms with van der Waals surface area (Å²) in [4.78, 5) is 2.32. The van der Waals surface area contributed by atoms with Crippen LogP contribution in [0.2, 0.25) is 10.0 Å². The Morgan fingerprint density at radius 2 is 1.94 bits per heavy atom. The number of nitrogens with zero attached hydrogens (tertiary/aromatic N) is 1. The fourth-order valence-electron chi connectivity index (χ4n) is 2.26. The third-order valence-electron chi connectivity index (χ3n) is 3.18. The molecule has 2 rings (SSSR count). The highest BCUT2D eigenvalue weighted by Crippen LogP contribution is 2.35. The highest BCUT2D eigenvalue weighted by atomic mass is 35.5. The maximum atomic E-state index is 6.04. The number of hydrogen-bond donors (Lipinski definition) is 1. The summed E-state index contributed by atoms with van der Waals surface area (Å²) in [6, 6.07) is 4.13. The van der Waals surface area contributed by atoms with Crippen molar-refractivity contribution in [1.82, 2.24) is 0 Å². The number of nitrogens with two attached hydrogens (primary N) is 1. The summed E-state index contributed by atoms with van der Waals surface area (Å²) in [5.74, 6) is 0. The zero-order valence-electron chi connectivity index (χ0n) is 9.34. The minimum absolute atomic E-state index is 0.521. The lowest BCUT2D eigenvalue weighted by molar-refractivity contribution is 0.485. The molecule has 0 amide bonds. The Labute approximate surface area is 106 Å². The van der Waals surface area contributed by atoms with Gasteiger partial charge in [0.1, 0.15) is 0 Å². The standard InChI is InChI=1S/C12H16Cl2N2/c1-8-4-2-3-5-16(8)12-7-10(14)9(13)6-11(12)15/h6-8H,2-5,15H2,1H3. The SMILES string of the molecule is CC1CCCCN1c1cc(Cl)c(Cl)cc1N. The largest absolute Gasteiger partial charge is 0.397 e. The normalized spacial score (nSPS) is 21.2. The quantitative estimate of drug-likeness (QED) is 0.773. The first kappa shape index (κ1) is 11.9. The van der Waals surface area contributed by atoms with Gasteiger partial charge in [0.25, 0.3) is 0 Å². The van der Waals surface area contributed by atoms with Crippen molar-refractivity contribution in [1.29, 1.82) is 0 Å². The second-order valence-electron chi connectivity index (χ2n) is 4.36. The van der Waals surface area contributed by atoms with Crippen LogP contribution in [-0.4, -0.2) is 12.6 Å². The van der Waals surface area contributed by atoms with E-state index in [2.05, 4.69) is 11.8 Å². The van der Waals surface area contributed by atoms with Gasteiger partial charge >= 0.3 is 0 Å². The number of halogens is 2. The molecule has 2 N–H and O–H groups in total. The minimum atomic E-state index is 0.521. The molecule has 1 unspecified atom stereocenters. The number of rotatable bonds is 1. The van der Waals surface area contributed by atoms with E-state index in [9.17, 15) is 0 Å². The Bertz CT molecular complexity index is 393. The van der Waals surface area contributed by atoms with E-state index in [1.54, 1.807) is 6.07 Å². The van der Waals surface area contributed by atoms with E-state index >= 15 is 0 Å². The van der Waals surface area contributed by atoms with Gasteiger partial charge in [-0.2, -0.15) is 0 Å². The number of anilines is 2. The van der Waals surface area contributed by atoms with Crippen LogP contribution in [-0.2, 0) is 0 Å². The predicted molar refractivity (Wildman–Crippen MR) is 71.5 cm³/mol. The molecule has 0 aliphatic carbocycles. The van der Waals surface area contributed by atoms with Crippen LogP contribution >= 0.6 is 23.2 Å². The van der Waals surface area contributed by atoms with Crippen molar-refractivity contribution in [2.45, 2.75) is 32.2 Å². The Morgan fingerprint density at radius 1 is 1.25 bits per heavy atom. The second kappa shape index (κ2) is 4.72. The highest BCUT2D eigenvalue weighted by Gasteiger charge is 2.21. The molecule has 0 spiro atoms. The minimum Gasteiger partial charge on any atom is -0.397 e. The average molecular weight is 259 g/mol. The lowest BCUT2D eigenvalue weighted by Gasteiger charge is -2.36. The third-order valence-corrected chi connectivity index (χ3v) is 3.90. The van der Waals surface area contributed by atoms with Crippen LogP contribution in [0.25, 0.3) is 0 Å². The van der Waals surface area contributed by atoms with Crippen LogP contribution < -0.4 is 10.6 Å². The Kier molecular flexibility index (Phi) is 3.50. The van der Waals surface area contributed by atoms with Crippen LogP contribution in [0.3, 0.4) is 0 Å². The Balaban J connectivity index is 2.35. The molecule has 1 saturated heterocycles. The van der Waals surface area contributed by atoms with Gasteiger partial charge in [0.05, 0.1) is 21.4 Å². The maximum Gasteiger partial charge on any atom is 0.0618 e. The first-order valence-electron chi connectivity index (χ1n) is 5.60. The summed E-state index contributed by atoms with van der Waals surface area (Å²) < 4.78 is 0. The van der Waals surface area contributed by atoms with Gasteiger partial charge in [-0.05, 0) is 38.3 Å². The van der Waals surface area contributed by atoms with Gasteiger partial charge in [0.15, 0.2) is 0 Å². The summed E-state index contributed by atoms with van der Waals surface area (Å²) in [6.45, 7) is 3.27. The molecule has 1 atom stereocenters. The van der Waals surface area contributed by atoms with Crippen LogP contribution in [0.15, 0.2) is 12.1 Å². The predicted octanol–water partition coefficient (Wildman–Crippen LogP) is 3.95. The molecule has 88 valence electrons. The third kappa shape index (κ3) is 2.23. The van der Waals surface area contributed by atoms with Crippen LogP contribution in [0.5, 0.6) is 0 Å². The van der Waals surface area contributed by atoms with E-state index in [4.69, 9.17) is 28.9 Å². The zero-order valence-corrected chi connectivity index (χ0v) is 10.9. The fourth-order valence-corrected chi connectivity index (χ4v) is 2.59. The lowest BCUT2D eigenvalue weighted by atomic mass is 10.0. The Morgan fingerprint density at radius 3 is 2.62 bits per heavy atom. The molecule has 1 aromatic rings. The van der Waals surface area contributed by atoms with E-state index in [0.717, 1.165) is 12.2 Å². The van der Waals surface area contributed by atoms with E-state index in [0.29, 0.717) is 21.8 Å². The number of piperidine rings is 1. The molecule has 1 aromatic carbocycles. The number of benzene rings is 1. The molecule has 0 bridgehead atoms. The monoisotopic (exact) mass is 258 g/mol. The van der Waals surface area contributed by atoms with Crippen LogP contribution in [0, 0.1) is 0 Å². The summed E-state index contributed by atoms with van der Waals surface area (Å²) in [5, 5.41) is 1.09. The highest BCUT2D eigenvalue weighted by molar-refractivity contribution is 6.42. The van der Waals surface area contributed by atoms with Crippen LogP contribution in [0.4, 0.5) is 11.4 Å². The summed E-state index contributed by atoms with van der Waals surface area (Å²) in [7, 11) is 0. The van der Waals surface area contributed by atoms with Gasteiger partial charge in [-0.15, -0.1) is 0 Å². The maximum absolute atomic E-state index is 6.04. The average Bonchev–Trinajstić information content (AvgIpc) is 2.25. The molecule has 0 aromatic heterocycles. The first-order chi connectivity index (χ1) is 7.59. The first-order valence-corrected chi connectivity index (χ1v) is 6.36. The van der Waals surface area contributed by atoms with E-state index in [1.807, 2.05) is 6.07 Å². The van der Waals surface area contributed by atoms with Crippen molar-refractivity contribution in [3.8, 4) is 0 Å². The van der Waals surface area contributed by atoms with Gasteiger partial charge in [-0.25, -0.2) is 0 Å². The molecule has 0 radical (unpaired) electrons. The topological polar surface area (TPSA) is 29.3 Å². The molecule has 0 saturated carbocycles. The molecule has 2 nitrogen and oxygen atoms in total. The molecular formula is C12H16Cl2N2. The van der Waals surface area contributed by atoms with Crippen LogP contribution in [0.1, 0.15) is 26.2 Å². The fraction of sp³-hybridized carbons (Fsp3) is 0.500. The van der Waals surface area contributed by atoms with E-state index in [1.165, 1.54) is 19.3 Å². The molecular weight excluding hydrogens is 243 g/mol. The molecule has 4 heteroatoms. The smallest absolute Gasteiger partial charge is 0.0618 e. The van der Waals surface area contributed by atoms with Gasteiger partial charge in [-0.3, -0.25) is 0 Å². The summed E-state index contributed by atoms with van der Waals surface area (Å²) >= 11 is 12.0. The number of hydrogen-bond acceptors (Lipinski definition) is 2. The molecule has 1 fully saturated rings. The van der Waals surface area contributed by atoms with Crippen molar-refractivity contribution >= 4 is 34.6 Å². The molecule has 1 aliphatic heterocycles. The van der Waals surface area contributed by atoms with Crippen molar-refractivity contribution in [2.75, 3.05) is 17.2 Å². The van der Waals surface area contributed by atoms with E-state index in [-0.39, 0.29) is 0 Å². The van der Waals surface area contributed by atoms with Gasteiger partial charge in [0, 0.05) is 12.6 Å². The molecule has 1 aliphatic rings. The van der Waals surface area contributed by atoms with Gasteiger partial charge in [-0.1, -0.05) is 23.2 Å². The van der Waals surface area contributed by atoms with E-state index < -0.39 is 0 Å². The van der Waals surface area contributed by atoms with Gasteiger partial charge in [0.2, 0.25) is 0 Å². The van der Waals surface area contributed by atoms with Gasteiger partial charge < -0.3 is 10.6 Å². The van der Waals surface area contributed by atoms with Crippen molar-refractivity contribution in [3.63, 3.8) is 0 Å². The summed E-state index contributed by atoms with van der Waals surface area (Å²) in [6.07, 6.45) is 3.71. The second-order valence-corrected chi connectivity index (χ2v) is 5.18. The zero-order chi connectivity index (χ0) is 11.7. The molecule has 16 heavy (non-hydrogen) atoms. The molecule has 1 heterocycles. The Hall–Kier alpha value is -0.600. The number of nitrogen functional groups attached to an aromatic ring is 1. The van der Waals surface area contributed by atoms with Crippen molar-refractivity contribution in [2.24, 2.45) is 0 Å².